The third-order valence-corrected chi connectivity index (χ3v) is 5.41. The monoisotopic (exact) mass is 375 g/mol. The lowest BCUT2D eigenvalue weighted by atomic mass is 9.67. The summed E-state index contributed by atoms with van der Waals surface area (Å²) in [4.78, 5) is 36.7. The van der Waals surface area contributed by atoms with Crippen molar-refractivity contribution in [3.05, 3.63) is 18.2 Å². The van der Waals surface area contributed by atoms with Crippen LogP contribution in [0.25, 0.3) is 0 Å². The molecule has 2 bridgehead atoms. The number of methoxy groups -OCH3 is 2. The summed E-state index contributed by atoms with van der Waals surface area (Å²) in [5.41, 5.74) is 0.440. The molecule has 1 aromatic carbocycles. The quantitative estimate of drug-likeness (QED) is 0.769. The number of esters is 1. The van der Waals surface area contributed by atoms with Gasteiger partial charge in [0.15, 0.2) is 6.61 Å². The number of ketones is 1. The number of carbonyl (C=O) groups is 3. The summed E-state index contributed by atoms with van der Waals surface area (Å²) in [7, 11) is 3.03. The molecule has 0 heterocycles. The van der Waals surface area contributed by atoms with Gasteiger partial charge in [0.2, 0.25) is 0 Å². The van der Waals surface area contributed by atoms with E-state index in [2.05, 4.69) is 5.32 Å². The SMILES string of the molecule is COc1ccc(OC)c(NC(=O)COC(=O)C2C[C@H]3CCC[C@@H](C2)C3=O)c1. The lowest BCUT2D eigenvalue weighted by Gasteiger charge is -2.36. The first kappa shape index (κ1) is 19.2. The zero-order chi connectivity index (χ0) is 19.4. The fourth-order valence-corrected chi connectivity index (χ4v) is 4.02. The van der Waals surface area contributed by atoms with Gasteiger partial charge in [-0.1, -0.05) is 6.42 Å². The second-order valence-electron chi connectivity index (χ2n) is 7.12. The van der Waals surface area contributed by atoms with E-state index in [1.165, 1.54) is 14.2 Å². The molecule has 1 unspecified atom stereocenters. The lowest BCUT2D eigenvalue weighted by Crippen LogP contribution is -2.40. The van der Waals surface area contributed by atoms with Gasteiger partial charge in [-0.25, -0.2) is 0 Å². The molecule has 2 saturated carbocycles. The summed E-state index contributed by atoms with van der Waals surface area (Å²) in [6, 6.07) is 5.03. The van der Waals surface area contributed by atoms with Crippen molar-refractivity contribution in [1.82, 2.24) is 0 Å². The number of amides is 1. The van der Waals surface area contributed by atoms with Gasteiger partial charge in [0, 0.05) is 17.9 Å². The topological polar surface area (TPSA) is 90.9 Å². The first-order valence-electron chi connectivity index (χ1n) is 9.24. The van der Waals surface area contributed by atoms with Crippen LogP contribution in [0.1, 0.15) is 32.1 Å². The number of Topliss-reactive ketones (excluding diaryl/α,β-unsaturated/α-hetero) is 1. The largest absolute Gasteiger partial charge is 0.497 e. The number of benzene rings is 1. The molecule has 3 rings (SSSR count). The third kappa shape index (κ3) is 4.40. The van der Waals surface area contributed by atoms with E-state index in [1.807, 2.05) is 0 Å². The maximum atomic E-state index is 12.4. The minimum Gasteiger partial charge on any atom is -0.497 e. The van der Waals surface area contributed by atoms with Crippen LogP contribution in [0.2, 0.25) is 0 Å². The number of anilines is 1. The number of nitrogens with one attached hydrogen (secondary N) is 1. The average Bonchev–Trinajstić information content (AvgIpc) is 2.65. The van der Waals surface area contributed by atoms with Gasteiger partial charge in [0.05, 0.1) is 25.8 Å². The Morgan fingerprint density at radius 3 is 2.44 bits per heavy atom. The van der Waals surface area contributed by atoms with Gasteiger partial charge in [-0.15, -0.1) is 0 Å². The van der Waals surface area contributed by atoms with Crippen LogP contribution in [0.15, 0.2) is 18.2 Å². The molecule has 2 aliphatic carbocycles. The Hall–Kier alpha value is -2.57. The Bertz CT molecular complexity index is 715. The maximum Gasteiger partial charge on any atom is 0.309 e. The van der Waals surface area contributed by atoms with Crippen LogP contribution in [-0.4, -0.2) is 38.5 Å². The number of rotatable bonds is 6. The molecule has 0 saturated heterocycles. The molecule has 146 valence electrons. The molecule has 0 spiro atoms. The number of hydrogen-bond acceptors (Lipinski definition) is 6. The van der Waals surface area contributed by atoms with Crippen LogP contribution in [-0.2, 0) is 19.1 Å². The van der Waals surface area contributed by atoms with Gasteiger partial charge in [0.25, 0.3) is 5.91 Å². The van der Waals surface area contributed by atoms with Crippen LogP contribution in [0.5, 0.6) is 11.5 Å². The molecule has 7 nitrogen and oxygen atoms in total. The molecule has 1 amide bonds. The van der Waals surface area contributed by atoms with E-state index in [0.29, 0.717) is 35.8 Å². The highest BCUT2D eigenvalue weighted by Gasteiger charge is 2.41. The Morgan fingerprint density at radius 1 is 1.11 bits per heavy atom. The highest BCUT2D eigenvalue weighted by molar-refractivity contribution is 5.94. The fraction of sp³-hybridized carbons (Fsp3) is 0.550. The zero-order valence-electron chi connectivity index (χ0n) is 15.7. The van der Waals surface area contributed by atoms with Crippen LogP contribution in [0.3, 0.4) is 0 Å². The van der Waals surface area contributed by atoms with E-state index in [9.17, 15) is 14.4 Å². The van der Waals surface area contributed by atoms with Gasteiger partial charge >= 0.3 is 5.97 Å². The van der Waals surface area contributed by atoms with Crippen molar-refractivity contribution in [1.29, 1.82) is 0 Å². The molecule has 0 radical (unpaired) electrons. The van der Waals surface area contributed by atoms with Crippen LogP contribution >= 0.6 is 0 Å². The summed E-state index contributed by atoms with van der Waals surface area (Å²) in [6.07, 6.45) is 3.84. The van der Waals surface area contributed by atoms with Gasteiger partial charge in [-0.3, -0.25) is 14.4 Å². The molecule has 7 heteroatoms. The Kier molecular flexibility index (Phi) is 5.98. The first-order valence-corrected chi connectivity index (χ1v) is 9.24. The highest BCUT2D eigenvalue weighted by Crippen LogP contribution is 2.40. The Morgan fingerprint density at radius 2 is 1.81 bits per heavy atom. The van der Waals surface area contributed by atoms with Crippen molar-refractivity contribution in [3.63, 3.8) is 0 Å². The highest BCUT2D eigenvalue weighted by atomic mass is 16.5. The van der Waals surface area contributed by atoms with Crippen molar-refractivity contribution in [2.75, 3.05) is 26.1 Å². The molecule has 0 aromatic heterocycles. The first-order chi connectivity index (χ1) is 13.0. The van der Waals surface area contributed by atoms with Crippen molar-refractivity contribution in [2.45, 2.75) is 32.1 Å². The predicted molar refractivity (Wildman–Crippen MR) is 97.7 cm³/mol. The number of carbonyl (C=O) groups excluding carboxylic acids is 3. The van der Waals surface area contributed by atoms with Gasteiger partial charge in [-0.2, -0.15) is 0 Å². The van der Waals surface area contributed by atoms with Crippen molar-refractivity contribution >= 4 is 23.3 Å². The summed E-state index contributed by atoms with van der Waals surface area (Å²) in [6.45, 7) is -0.376. The lowest BCUT2D eigenvalue weighted by molar-refractivity contribution is -0.155. The van der Waals surface area contributed by atoms with Crippen LogP contribution in [0, 0.1) is 17.8 Å². The van der Waals surface area contributed by atoms with E-state index in [4.69, 9.17) is 14.2 Å². The summed E-state index contributed by atoms with van der Waals surface area (Å²) in [5.74, 6) is 0.157. The maximum absolute atomic E-state index is 12.4. The number of ether oxygens (including phenoxy) is 3. The minimum absolute atomic E-state index is 0.0232. The van der Waals surface area contributed by atoms with Gasteiger partial charge in [-0.05, 0) is 37.8 Å². The number of hydrogen-bond donors (Lipinski definition) is 1. The van der Waals surface area contributed by atoms with E-state index in [0.717, 1.165) is 19.3 Å². The molecule has 3 atom stereocenters. The summed E-state index contributed by atoms with van der Waals surface area (Å²) >= 11 is 0. The molecule has 2 fully saturated rings. The second kappa shape index (κ2) is 8.41. The summed E-state index contributed by atoms with van der Waals surface area (Å²) < 4.78 is 15.6. The molecule has 0 aliphatic heterocycles. The third-order valence-electron chi connectivity index (χ3n) is 5.41. The van der Waals surface area contributed by atoms with E-state index >= 15 is 0 Å². The summed E-state index contributed by atoms with van der Waals surface area (Å²) in [5, 5.41) is 2.67. The predicted octanol–water partition coefficient (Wildman–Crippen LogP) is 2.58. The minimum atomic E-state index is -0.456. The van der Waals surface area contributed by atoms with Crippen molar-refractivity contribution in [3.8, 4) is 11.5 Å². The Labute approximate surface area is 158 Å². The molecule has 1 N–H and O–H groups in total. The smallest absolute Gasteiger partial charge is 0.309 e. The number of fused-ring (bicyclic) bond motifs is 2. The van der Waals surface area contributed by atoms with Crippen molar-refractivity contribution in [2.24, 2.45) is 17.8 Å². The molecule has 2 aliphatic rings. The Balaban J connectivity index is 1.53. The zero-order valence-corrected chi connectivity index (χ0v) is 15.7. The van der Waals surface area contributed by atoms with Crippen LogP contribution < -0.4 is 14.8 Å². The van der Waals surface area contributed by atoms with Crippen molar-refractivity contribution < 1.29 is 28.6 Å². The molecule has 1 aromatic rings. The average molecular weight is 375 g/mol. The van der Waals surface area contributed by atoms with Gasteiger partial charge < -0.3 is 19.5 Å². The molecular formula is C20H25NO6. The van der Waals surface area contributed by atoms with E-state index in [1.54, 1.807) is 18.2 Å². The second-order valence-corrected chi connectivity index (χ2v) is 7.12. The molecule has 27 heavy (non-hydrogen) atoms. The fourth-order valence-electron chi connectivity index (χ4n) is 4.02. The van der Waals surface area contributed by atoms with E-state index in [-0.39, 0.29) is 24.4 Å². The standard InChI is InChI=1S/C20H25NO6/c1-25-15-6-7-17(26-2)16(10-15)21-18(22)11-27-20(24)14-8-12-4-3-5-13(9-14)19(12)23/h6-7,10,12-14H,3-5,8-9,11H2,1-2H3,(H,21,22)/t12-,13+,14?. The molecular weight excluding hydrogens is 350 g/mol. The van der Waals surface area contributed by atoms with E-state index < -0.39 is 11.9 Å². The normalized spacial score (nSPS) is 24.1. The van der Waals surface area contributed by atoms with Gasteiger partial charge in [0.1, 0.15) is 17.3 Å². The van der Waals surface area contributed by atoms with Crippen LogP contribution in [0.4, 0.5) is 5.69 Å².